The first-order valence-corrected chi connectivity index (χ1v) is 11.9. The maximum atomic E-state index is 5.71. The highest BCUT2D eigenvalue weighted by molar-refractivity contribution is 5.63. The molecule has 0 aliphatic carbocycles. The number of nitrogens with zero attached hydrogens (tertiary/aromatic N) is 4. The number of anilines is 2. The number of hydrogen-bond acceptors (Lipinski definition) is 8. The van der Waals surface area contributed by atoms with Crippen LogP contribution in [0.15, 0.2) is 24.3 Å². The van der Waals surface area contributed by atoms with Crippen molar-refractivity contribution in [1.82, 2.24) is 20.2 Å². The highest BCUT2D eigenvalue weighted by atomic mass is 16.5. The minimum absolute atomic E-state index is 0.587. The third kappa shape index (κ3) is 5.20. The Bertz CT molecular complexity index is 879. The standard InChI is InChI=1S/C24H34N6O2/c1(10-29-13-16-31-17-14-29)7-26-24-21-18-32-15-6-22(21)27-23(28-24)19-2-4-20(5-3-19)30-11-8-25-9-12-30/h2-5,25H,1,6-18H2,(H,26,27,28). The van der Waals surface area contributed by atoms with Crippen LogP contribution in [0.2, 0.25) is 0 Å². The summed E-state index contributed by atoms with van der Waals surface area (Å²) in [5.41, 5.74) is 4.56. The van der Waals surface area contributed by atoms with E-state index in [-0.39, 0.29) is 0 Å². The van der Waals surface area contributed by atoms with Crippen molar-refractivity contribution in [2.24, 2.45) is 0 Å². The molecular formula is C24H34N6O2. The zero-order chi connectivity index (χ0) is 21.6. The average Bonchev–Trinajstić information content (AvgIpc) is 2.87. The second-order valence-electron chi connectivity index (χ2n) is 8.64. The van der Waals surface area contributed by atoms with Gasteiger partial charge in [-0.3, -0.25) is 4.90 Å². The van der Waals surface area contributed by atoms with Crippen molar-refractivity contribution in [2.45, 2.75) is 19.4 Å². The Morgan fingerprint density at radius 1 is 0.938 bits per heavy atom. The van der Waals surface area contributed by atoms with Crippen molar-refractivity contribution in [2.75, 3.05) is 82.4 Å². The number of nitrogens with one attached hydrogen (secondary N) is 2. The van der Waals surface area contributed by atoms with E-state index in [2.05, 4.69) is 44.7 Å². The molecule has 0 bridgehead atoms. The minimum atomic E-state index is 0.587. The fraction of sp³-hybridized carbons (Fsp3) is 0.583. The molecule has 2 N–H and O–H groups in total. The molecule has 8 nitrogen and oxygen atoms in total. The normalized spacial score (nSPS) is 19.6. The molecular weight excluding hydrogens is 404 g/mol. The maximum Gasteiger partial charge on any atom is 0.161 e. The van der Waals surface area contributed by atoms with Gasteiger partial charge in [0.1, 0.15) is 5.82 Å². The molecule has 172 valence electrons. The van der Waals surface area contributed by atoms with Gasteiger partial charge in [-0.1, -0.05) is 0 Å². The fourth-order valence-corrected chi connectivity index (χ4v) is 4.59. The molecule has 0 atom stereocenters. The van der Waals surface area contributed by atoms with Gasteiger partial charge in [-0.05, 0) is 37.2 Å². The average molecular weight is 439 g/mol. The minimum Gasteiger partial charge on any atom is -0.379 e. The molecule has 1 aromatic heterocycles. The molecule has 3 aliphatic heterocycles. The van der Waals surface area contributed by atoms with Crippen LogP contribution in [0, 0.1) is 0 Å². The molecule has 0 radical (unpaired) electrons. The van der Waals surface area contributed by atoms with Crippen LogP contribution in [0.4, 0.5) is 11.5 Å². The summed E-state index contributed by atoms with van der Waals surface area (Å²) >= 11 is 0. The second-order valence-corrected chi connectivity index (χ2v) is 8.64. The summed E-state index contributed by atoms with van der Waals surface area (Å²) in [5, 5.41) is 6.99. The number of hydrogen-bond donors (Lipinski definition) is 2. The molecule has 4 heterocycles. The largest absolute Gasteiger partial charge is 0.379 e. The molecule has 0 spiro atoms. The van der Waals surface area contributed by atoms with Crippen LogP contribution in [-0.2, 0) is 22.5 Å². The van der Waals surface area contributed by atoms with Crippen LogP contribution in [-0.4, -0.2) is 87.0 Å². The molecule has 2 aromatic rings. The van der Waals surface area contributed by atoms with E-state index in [4.69, 9.17) is 19.4 Å². The number of morpholine rings is 1. The molecule has 1 aromatic carbocycles. The van der Waals surface area contributed by atoms with E-state index in [1.165, 1.54) is 5.69 Å². The molecule has 2 fully saturated rings. The predicted molar refractivity (Wildman–Crippen MR) is 126 cm³/mol. The van der Waals surface area contributed by atoms with Gasteiger partial charge >= 0.3 is 0 Å². The van der Waals surface area contributed by atoms with Crippen LogP contribution in [0.1, 0.15) is 17.7 Å². The van der Waals surface area contributed by atoms with Gasteiger partial charge < -0.3 is 25.0 Å². The summed E-state index contributed by atoms with van der Waals surface area (Å²) in [7, 11) is 0. The first-order chi connectivity index (χ1) is 15.9. The van der Waals surface area contributed by atoms with E-state index >= 15 is 0 Å². The number of fused-ring (bicyclic) bond motifs is 1. The quantitative estimate of drug-likeness (QED) is 0.634. The number of rotatable bonds is 7. The Morgan fingerprint density at radius 3 is 2.56 bits per heavy atom. The number of ether oxygens (including phenoxy) is 2. The van der Waals surface area contributed by atoms with E-state index in [1.807, 2.05) is 0 Å². The Labute approximate surface area is 190 Å². The van der Waals surface area contributed by atoms with Gasteiger partial charge in [-0.15, -0.1) is 0 Å². The molecule has 5 rings (SSSR count). The van der Waals surface area contributed by atoms with Gasteiger partial charge in [0, 0.05) is 69.0 Å². The van der Waals surface area contributed by atoms with Crippen LogP contribution < -0.4 is 15.5 Å². The first-order valence-electron chi connectivity index (χ1n) is 11.9. The molecule has 0 amide bonds. The van der Waals surface area contributed by atoms with E-state index < -0.39 is 0 Å². The van der Waals surface area contributed by atoms with Crippen molar-refractivity contribution in [1.29, 1.82) is 0 Å². The molecule has 32 heavy (non-hydrogen) atoms. The zero-order valence-electron chi connectivity index (χ0n) is 18.8. The van der Waals surface area contributed by atoms with Crippen LogP contribution in [0.3, 0.4) is 0 Å². The van der Waals surface area contributed by atoms with Crippen molar-refractivity contribution < 1.29 is 9.47 Å². The highest BCUT2D eigenvalue weighted by Gasteiger charge is 2.19. The van der Waals surface area contributed by atoms with Crippen LogP contribution in [0.5, 0.6) is 0 Å². The zero-order valence-corrected chi connectivity index (χ0v) is 18.8. The van der Waals surface area contributed by atoms with E-state index in [1.54, 1.807) is 0 Å². The highest BCUT2D eigenvalue weighted by Crippen LogP contribution is 2.27. The molecule has 2 saturated heterocycles. The van der Waals surface area contributed by atoms with Gasteiger partial charge in [0.25, 0.3) is 0 Å². The third-order valence-electron chi connectivity index (χ3n) is 6.48. The predicted octanol–water partition coefficient (Wildman–Crippen LogP) is 1.76. The summed E-state index contributed by atoms with van der Waals surface area (Å²) in [4.78, 5) is 14.7. The lowest BCUT2D eigenvalue weighted by atomic mass is 10.1. The van der Waals surface area contributed by atoms with E-state index in [0.29, 0.717) is 6.61 Å². The van der Waals surface area contributed by atoms with Gasteiger partial charge in [-0.25, -0.2) is 9.97 Å². The molecule has 8 heteroatoms. The van der Waals surface area contributed by atoms with Crippen LogP contribution >= 0.6 is 0 Å². The van der Waals surface area contributed by atoms with Crippen molar-refractivity contribution >= 4 is 11.5 Å². The van der Waals surface area contributed by atoms with Crippen molar-refractivity contribution in [3.8, 4) is 11.4 Å². The van der Waals surface area contributed by atoms with Gasteiger partial charge in [-0.2, -0.15) is 0 Å². The second kappa shape index (κ2) is 10.6. The van der Waals surface area contributed by atoms with Gasteiger partial charge in [0.2, 0.25) is 0 Å². The Hall–Kier alpha value is -2.26. The summed E-state index contributed by atoms with van der Waals surface area (Å²) < 4.78 is 11.2. The lowest BCUT2D eigenvalue weighted by molar-refractivity contribution is 0.0378. The summed E-state index contributed by atoms with van der Waals surface area (Å²) in [6.07, 6.45) is 1.92. The van der Waals surface area contributed by atoms with Gasteiger partial charge in [0.05, 0.1) is 32.1 Å². The van der Waals surface area contributed by atoms with E-state index in [0.717, 1.165) is 113 Å². The third-order valence-corrected chi connectivity index (χ3v) is 6.48. The Morgan fingerprint density at radius 2 is 1.75 bits per heavy atom. The molecule has 0 unspecified atom stereocenters. The monoisotopic (exact) mass is 438 g/mol. The molecule has 3 aliphatic rings. The van der Waals surface area contributed by atoms with Crippen LogP contribution in [0.25, 0.3) is 11.4 Å². The first kappa shape index (κ1) is 21.6. The maximum absolute atomic E-state index is 5.71. The lowest BCUT2D eigenvalue weighted by Crippen LogP contribution is -2.43. The summed E-state index contributed by atoms with van der Waals surface area (Å²) in [6, 6.07) is 8.70. The SMILES string of the molecule is c1cc(N2CCNCC2)ccc1-c1nc2c(c(NCCCN3CCOCC3)n1)COCC2. The Kier molecular flexibility index (Phi) is 7.13. The van der Waals surface area contributed by atoms with Gasteiger partial charge in [0.15, 0.2) is 5.82 Å². The number of benzene rings is 1. The molecule has 0 saturated carbocycles. The van der Waals surface area contributed by atoms with Crippen molar-refractivity contribution in [3.63, 3.8) is 0 Å². The fourth-order valence-electron chi connectivity index (χ4n) is 4.59. The summed E-state index contributed by atoms with van der Waals surface area (Å²) in [6.45, 7) is 11.2. The lowest BCUT2D eigenvalue weighted by Gasteiger charge is -2.29. The van der Waals surface area contributed by atoms with E-state index in [9.17, 15) is 0 Å². The topological polar surface area (TPSA) is 74.8 Å². The summed E-state index contributed by atoms with van der Waals surface area (Å²) in [5.74, 6) is 1.73. The van der Waals surface area contributed by atoms with Crippen molar-refractivity contribution in [3.05, 3.63) is 35.5 Å². The smallest absolute Gasteiger partial charge is 0.161 e. The Balaban J connectivity index is 1.28. The number of aromatic nitrogens is 2. The number of piperazine rings is 1.